The number of anilines is 1. The number of carbonyl (C=O) groups is 1. The van der Waals surface area contributed by atoms with Gasteiger partial charge in [-0.15, -0.1) is 21.2 Å². The van der Waals surface area contributed by atoms with Gasteiger partial charge in [0.2, 0.25) is 5.91 Å². The molecule has 0 unspecified atom stereocenters. The van der Waals surface area contributed by atoms with Gasteiger partial charge in [-0.25, -0.2) is 4.98 Å². The monoisotopic (exact) mass is 377 g/mol. The van der Waals surface area contributed by atoms with Gasteiger partial charge in [-0.05, 0) is 25.9 Å². The fourth-order valence-electron chi connectivity index (χ4n) is 2.72. The molecule has 0 aliphatic carbocycles. The average molecular weight is 378 g/mol. The lowest BCUT2D eigenvalue weighted by Gasteiger charge is -2.20. The molecule has 0 radical (unpaired) electrons. The Hall–Kier alpha value is -1.71. The first-order valence-electron chi connectivity index (χ1n) is 7.22. The van der Waals surface area contributed by atoms with Crippen LogP contribution < -0.4 is 20.1 Å². The molecule has 0 atom stereocenters. The number of benzene rings is 1. The molecule has 24 heavy (non-hydrogen) atoms. The Morgan fingerprint density at radius 1 is 1.29 bits per heavy atom. The third kappa shape index (κ3) is 3.24. The van der Waals surface area contributed by atoms with Crippen LogP contribution in [0.2, 0.25) is 0 Å². The van der Waals surface area contributed by atoms with E-state index in [-0.39, 0.29) is 35.7 Å². The normalized spacial score (nSPS) is 19.1. The number of hydrogen-bond donors (Lipinski definition) is 2. The minimum absolute atomic E-state index is 0. The molecule has 6 nitrogen and oxygen atoms in total. The molecule has 2 aromatic rings. The number of hydrogen-bond acceptors (Lipinski definition) is 6. The molecule has 10 heteroatoms. The smallest absolute Gasteiger partial charge is 0.395 e. The lowest BCUT2D eigenvalue weighted by molar-refractivity contribution is -0.286. The van der Waals surface area contributed by atoms with Crippen LogP contribution >= 0.6 is 23.7 Å². The van der Waals surface area contributed by atoms with Crippen LogP contribution in [0.3, 0.4) is 0 Å². The third-order valence-corrected chi connectivity index (χ3v) is 4.79. The molecule has 2 aliphatic rings. The molecular weight excluding hydrogens is 364 g/mol. The van der Waals surface area contributed by atoms with E-state index in [1.54, 1.807) is 0 Å². The number of amides is 1. The topological polar surface area (TPSA) is 72.5 Å². The molecule has 0 saturated carbocycles. The Bertz CT molecular complexity index is 735. The summed E-state index contributed by atoms with van der Waals surface area (Å²) in [6.45, 7) is 1.65. The molecule has 1 amide bonds. The molecule has 0 bridgehead atoms. The molecule has 2 N–H and O–H groups in total. The Labute approximate surface area is 145 Å². The Balaban J connectivity index is 0.00000169. The predicted molar refractivity (Wildman–Crippen MR) is 87.3 cm³/mol. The van der Waals surface area contributed by atoms with E-state index in [0.717, 1.165) is 25.9 Å². The van der Waals surface area contributed by atoms with E-state index in [9.17, 15) is 13.6 Å². The van der Waals surface area contributed by atoms with Gasteiger partial charge in [-0.1, -0.05) is 11.3 Å². The third-order valence-electron chi connectivity index (χ3n) is 3.85. The zero-order valence-corrected chi connectivity index (χ0v) is 13.9. The van der Waals surface area contributed by atoms with Crippen molar-refractivity contribution in [3.05, 3.63) is 12.1 Å². The van der Waals surface area contributed by atoms with Crippen molar-refractivity contribution in [2.75, 3.05) is 18.4 Å². The van der Waals surface area contributed by atoms with Crippen LogP contribution in [0.5, 0.6) is 11.5 Å². The van der Waals surface area contributed by atoms with Crippen LogP contribution in [-0.2, 0) is 4.79 Å². The SMILES string of the molecule is Cl.O=C(Nc1nc2cc3c(cc2s1)OC(F)(F)O3)C1CCNCC1. The summed E-state index contributed by atoms with van der Waals surface area (Å²) in [7, 11) is 0. The average Bonchev–Trinajstić information content (AvgIpc) is 3.02. The van der Waals surface area contributed by atoms with E-state index in [0.29, 0.717) is 15.3 Å². The number of rotatable bonds is 2. The summed E-state index contributed by atoms with van der Waals surface area (Å²) in [6, 6.07) is 2.84. The van der Waals surface area contributed by atoms with Crippen molar-refractivity contribution in [2.45, 2.75) is 19.1 Å². The van der Waals surface area contributed by atoms with E-state index in [1.165, 1.54) is 23.5 Å². The first-order chi connectivity index (χ1) is 11.0. The van der Waals surface area contributed by atoms with E-state index < -0.39 is 6.29 Å². The molecular formula is C14H14ClF2N3O3S. The van der Waals surface area contributed by atoms with Crippen molar-refractivity contribution in [2.24, 2.45) is 5.92 Å². The van der Waals surface area contributed by atoms with Gasteiger partial charge >= 0.3 is 6.29 Å². The summed E-state index contributed by atoms with van der Waals surface area (Å²) in [5.41, 5.74) is 0.482. The van der Waals surface area contributed by atoms with Crippen molar-refractivity contribution in [1.82, 2.24) is 10.3 Å². The maximum atomic E-state index is 13.0. The number of aromatic nitrogens is 1. The predicted octanol–water partition coefficient (Wildman–Crippen LogP) is 2.98. The summed E-state index contributed by atoms with van der Waals surface area (Å²) < 4.78 is 35.5. The van der Waals surface area contributed by atoms with Crippen LogP contribution in [-0.4, -0.2) is 30.3 Å². The summed E-state index contributed by atoms with van der Waals surface area (Å²) in [4.78, 5) is 16.5. The molecule has 2 aliphatic heterocycles. The number of fused-ring (bicyclic) bond motifs is 2. The maximum absolute atomic E-state index is 13.0. The van der Waals surface area contributed by atoms with Crippen molar-refractivity contribution in [3.8, 4) is 11.5 Å². The van der Waals surface area contributed by atoms with Crippen LogP contribution in [0.1, 0.15) is 12.8 Å². The number of piperidine rings is 1. The van der Waals surface area contributed by atoms with Crippen molar-refractivity contribution < 1.29 is 23.0 Å². The molecule has 1 fully saturated rings. The van der Waals surface area contributed by atoms with Crippen molar-refractivity contribution >= 4 is 45.0 Å². The van der Waals surface area contributed by atoms with Gasteiger partial charge in [0, 0.05) is 18.1 Å². The highest BCUT2D eigenvalue weighted by molar-refractivity contribution is 7.22. The van der Waals surface area contributed by atoms with Gasteiger partial charge < -0.3 is 20.1 Å². The Morgan fingerprint density at radius 3 is 2.67 bits per heavy atom. The van der Waals surface area contributed by atoms with Gasteiger partial charge in [0.1, 0.15) is 0 Å². The second-order valence-corrected chi connectivity index (χ2v) is 6.50. The summed E-state index contributed by atoms with van der Waals surface area (Å²) in [5.74, 6) is -0.165. The van der Waals surface area contributed by atoms with Crippen LogP contribution in [0.4, 0.5) is 13.9 Å². The summed E-state index contributed by atoms with van der Waals surface area (Å²) >= 11 is 1.22. The molecule has 3 heterocycles. The van der Waals surface area contributed by atoms with E-state index in [2.05, 4.69) is 25.1 Å². The molecule has 1 saturated heterocycles. The number of nitrogens with zero attached hydrogens (tertiary/aromatic N) is 1. The first-order valence-corrected chi connectivity index (χ1v) is 8.04. The highest BCUT2D eigenvalue weighted by Crippen LogP contribution is 2.44. The summed E-state index contributed by atoms with van der Waals surface area (Å²) in [6.07, 6.45) is -2.05. The highest BCUT2D eigenvalue weighted by atomic mass is 35.5. The second kappa shape index (κ2) is 6.30. The van der Waals surface area contributed by atoms with Crippen molar-refractivity contribution in [3.63, 3.8) is 0 Å². The number of ether oxygens (including phenoxy) is 2. The zero-order valence-electron chi connectivity index (χ0n) is 12.3. The Kier molecular flexibility index (Phi) is 4.50. The van der Waals surface area contributed by atoms with Crippen LogP contribution in [0, 0.1) is 5.92 Å². The highest BCUT2D eigenvalue weighted by Gasteiger charge is 2.43. The fourth-order valence-corrected chi connectivity index (χ4v) is 3.60. The lowest BCUT2D eigenvalue weighted by Crippen LogP contribution is -2.34. The largest absolute Gasteiger partial charge is 0.586 e. The molecule has 1 aromatic carbocycles. The van der Waals surface area contributed by atoms with E-state index >= 15 is 0 Å². The van der Waals surface area contributed by atoms with Gasteiger partial charge in [0.25, 0.3) is 0 Å². The van der Waals surface area contributed by atoms with E-state index in [1.807, 2.05) is 0 Å². The molecule has 130 valence electrons. The first kappa shape index (κ1) is 17.1. The number of nitrogens with one attached hydrogen (secondary N) is 2. The van der Waals surface area contributed by atoms with Gasteiger partial charge in [0.05, 0.1) is 10.2 Å². The van der Waals surface area contributed by atoms with Gasteiger partial charge in [-0.2, -0.15) is 0 Å². The second-order valence-electron chi connectivity index (χ2n) is 5.47. The summed E-state index contributed by atoms with van der Waals surface area (Å²) in [5, 5.41) is 6.45. The number of alkyl halides is 2. The van der Waals surface area contributed by atoms with Crippen LogP contribution in [0.25, 0.3) is 10.2 Å². The van der Waals surface area contributed by atoms with E-state index in [4.69, 9.17) is 0 Å². The van der Waals surface area contributed by atoms with Gasteiger partial charge in [-0.3, -0.25) is 4.79 Å². The van der Waals surface area contributed by atoms with Gasteiger partial charge in [0.15, 0.2) is 16.6 Å². The Morgan fingerprint density at radius 2 is 1.96 bits per heavy atom. The number of carbonyl (C=O) groups excluding carboxylic acids is 1. The maximum Gasteiger partial charge on any atom is 0.586 e. The molecule has 0 spiro atoms. The lowest BCUT2D eigenvalue weighted by atomic mass is 9.97. The molecule has 1 aromatic heterocycles. The molecule has 4 rings (SSSR count). The quantitative estimate of drug-likeness (QED) is 0.841. The fraction of sp³-hybridized carbons (Fsp3) is 0.429. The number of thiazole rings is 1. The minimum Gasteiger partial charge on any atom is -0.395 e. The number of halogens is 3. The standard InChI is InChI=1S/C14H13F2N3O3S.ClH/c15-14(16)21-9-5-8-11(6-10(9)22-14)23-13(18-8)19-12(20)7-1-3-17-4-2-7;/h5-7,17H,1-4H2,(H,18,19,20);1H. The minimum atomic E-state index is -3.64. The zero-order chi connectivity index (χ0) is 16.0. The van der Waals surface area contributed by atoms with Crippen molar-refractivity contribution in [1.29, 1.82) is 0 Å². The van der Waals surface area contributed by atoms with Crippen LogP contribution in [0.15, 0.2) is 12.1 Å².